The molecule has 0 unspecified atom stereocenters. The van der Waals surface area contributed by atoms with E-state index in [0.717, 1.165) is 39.7 Å². The minimum absolute atomic E-state index is 0. The number of pyridine rings is 1. The lowest BCUT2D eigenvalue weighted by atomic mass is 9.81. The fraction of sp³-hybridized carbons (Fsp3) is 0.448. The van der Waals surface area contributed by atoms with Crippen molar-refractivity contribution in [2.24, 2.45) is 11.8 Å². The number of nitrogens with zero attached hydrogens (tertiary/aromatic N) is 3. The van der Waals surface area contributed by atoms with Crippen molar-refractivity contribution >= 4 is 54.2 Å². The maximum atomic E-state index is 12.9. The minimum atomic E-state index is 0. The van der Waals surface area contributed by atoms with Crippen molar-refractivity contribution in [3.8, 4) is 0 Å². The number of likely N-dealkylation sites (tertiary alicyclic amines) is 1. The summed E-state index contributed by atoms with van der Waals surface area (Å²) in [7, 11) is 0. The molecule has 4 heterocycles. The number of imidazole rings is 1. The number of hydrogen-bond donors (Lipinski definition) is 1. The fourth-order valence-electron chi connectivity index (χ4n) is 6.08. The summed E-state index contributed by atoms with van der Waals surface area (Å²) in [5.74, 6) is 2.19. The third kappa shape index (κ3) is 6.36. The van der Waals surface area contributed by atoms with Gasteiger partial charge in [0.15, 0.2) is 0 Å². The van der Waals surface area contributed by atoms with Crippen LogP contribution in [0.3, 0.4) is 0 Å². The first-order chi connectivity index (χ1) is 17.2. The summed E-state index contributed by atoms with van der Waals surface area (Å²) in [4.78, 5) is 20.8. The van der Waals surface area contributed by atoms with E-state index in [0.29, 0.717) is 5.92 Å². The lowest BCUT2D eigenvalue weighted by molar-refractivity contribution is -0.117. The van der Waals surface area contributed by atoms with Crippen molar-refractivity contribution in [1.82, 2.24) is 19.6 Å². The van der Waals surface area contributed by atoms with Crippen molar-refractivity contribution in [2.45, 2.75) is 49.5 Å². The molecule has 1 aromatic carbocycles. The van der Waals surface area contributed by atoms with Gasteiger partial charge in [0.25, 0.3) is 5.91 Å². The van der Waals surface area contributed by atoms with Crippen LogP contribution in [0.4, 0.5) is 0 Å². The third-order valence-corrected chi connectivity index (χ3v) is 9.18. The van der Waals surface area contributed by atoms with Crippen LogP contribution in [-0.4, -0.2) is 46.4 Å². The second-order valence-electron chi connectivity index (χ2n) is 10.4. The SMILES string of the molecule is Cl.Cl.O=C(NC[C@H]1CC[C@H](CN2CCC(c3ccccc3)CC2)CC1)C1=Cc2cnc3cccc(n23)S1. The number of aromatic nitrogens is 2. The molecule has 8 heteroatoms. The van der Waals surface area contributed by atoms with E-state index >= 15 is 0 Å². The lowest BCUT2D eigenvalue weighted by Gasteiger charge is -2.36. The molecule has 0 atom stereocenters. The molecule has 1 saturated carbocycles. The topological polar surface area (TPSA) is 49.6 Å². The van der Waals surface area contributed by atoms with Crippen LogP contribution in [-0.2, 0) is 4.79 Å². The van der Waals surface area contributed by atoms with Crippen LogP contribution in [0.1, 0.15) is 55.7 Å². The summed E-state index contributed by atoms with van der Waals surface area (Å²) < 4.78 is 2.10. The monoisotopic (exact) mass is 558 g/mol. The van der Waals surface area contributed by atoms with Gasteiger partial charge in [-0.25, -0.2) is 4.98 Å². The predicted octanol–water partition coefficient (Wildman–Crippen LogP) is 6.43. The Balaban J connectivity index is 0.00000160. The highest BCUT2D eigenvalue weighted by Crippen LogP contribution is 2.35. The number of thioether (sulfide) groups is 1. The average molecular weight is 560 g/mol. The van der Waals surface area contributed by atoms with Gasteiger partial charge >= 0.3 is 0 Å². The fourth-order valence-corrected chi connectivity index (χ4v) is 7.09. The number of benzene rings is 1. The standard InChI is InChI=1S/C29H34N4OS.2ClH/c34-29(26-17-25-19-30-27-7-4-8-28(35-26)33(25)27)31-18-21-9-11-22(12-10-21)20-32-15-13-24(14-16-32)23-5-2-1-3-6-23;;/h1-8,17,19,21-22,24H,9-16,18,20H2,(H,31,34);2*1H/t21-,22-;;. The maximum absolute atomic E-state index is 12.9. The second-order valence-corrected chi connectivity index (χ2v) is 11.5. The van der Waals surface area contributed by atoms with E-state index in [1.807, 2.05) is 24.4 Å². The van der Waals surface area contributed by atoms with Gasteiger partial charge in [-0.3, -0.25) is 9.20 Å². The van der Waals surface area contributed by atoms with Crippen molar-refractivity contribution in [2.75, 3.05) is 26.2 Å². The molecule has 3 aliphatic rings. The van der Waals surface area contributed by atoms with E-state index in [1.54, 1.807) is 0 Å². The van der Waals surface area contributed by atoms with Crippen LogP contribution in [0.25, 0.3) is 11.7 Å². The molecule has 3 aromatic rings. The first-order valence-electron chi connectivity index (χ1n) is 13.1. The number of hydrogen-bond acceptors (Lipinski definition) is 4. The first kappa shape index (κ1) is 28.0. The minimum Gasteiger partial charge on any atom is -0.351 e. The van der Waals surface area contributed by atoms with Gasteiger partial charge in [-0.05, 0) is 93.1 Å². The Kier molecular flexibility index (Phi) is 9.62. The van der Waals surface area contributed by atoms with Gasteiger partial charge in [0, 0.05) is 13.1 Å². The molecule has 0 radical (unpaired) electrons. The summed E-state index contributed by atoms with van der Waals surface area (Å²) in [6.07, 6.45) is 11.4. The number of carbonyl (C=O) groups is 1. The summed E-state index contributed by atoms with van der Waals surface area (Å²) >= 11 is 1.53. The predicted molar refractivity (Wildman–Crippen MR) is 157 cm³/mol. The Labute approximate surface area is 236 Å². The van der Waals surface area contributed by atoms with Crippen molar-refractivity contribution in [3.05, 3.63) is 70.9 Å². The molecule has 0 bridgehead atoms. The molecule has 2 aromatic heterocycles. The maximum Gasteiger partial charge on any atom is 0.258 e. The Hall–Kier alpha value is -1.99. The number of carbonyl (C=O) groups excluding carboxylic acids is 1. The number of amides is 1. The molecule has 1 N–H and O–H groups in total. The highest BCUT2D eigenvalue weighted by molar-refractivity contribution is 8.04. The largest absolute Gasteiger partial charge is 0.351 e. The Morgan fingerprint density at radius 1 is 0.919 bits per heavy atom. The van der Waals surface area contributed by atoms with Gasteiger partial charge in [-0.2, -0.15) is 0 Å². The highest BCUT2D eigenvalue weighted by atomic mass is 35.5. The normalized spacial score (nSPS) is 22.0. The van der Waals surface area contributed by atoms with Gasteiger partial charge < -0.3 is 10.2 Å². The van der Waals surface area contributed by atoms with E-state index in [-0.39, 0.29) is 30.7 Å². The molecule has 6 rings (SSSR count). The molecule has 1 aliphatic carbocycles. The van der Waals surface area contributed by atoms with E-state index in [9.17, 15) is 4.79 Å². The zero-order valence-corrected chi connectivity index (χ0v) is 23.5. The molecular weight excluding hydrogens is 523 g/mol. The number of nitrogens with one attached hydrogen (secondary N) is 1. The summed E-state index contributed by atoms with van der Waals surface area (Å²) in [6.45, 7) is 4.50. The molecule has 0 spiro atoms. The van der Waals surface area contributed by atoms with E-state index in [2.05, 4.69) is 56.0 Å². The molecule has 1 saturated heterocycles. The summed E-state index contributed by atoms with van der Waals surface area (Å²) in [5.41, 5.74) is 3.42. The van der Waals surface area contributed by atoms with Crippen LogP contribution in [0.15, 0.2) is 64.7 Å². The van der Waals surface area contributed by atoms with Gasteiger partial charge in [-0.1, -0.05) is 48.2 Å². The Morgan fingerprint density at radius 2 is 1.65 bits per heavy atom. The summed E-state index contributed by atoms with van der Waals surface area (Å²) in [5, 5.41) is 4.28. The average Bonchev–Trinajstić information content (AvgIpc) is 3.33. The number of piperidine rings is 1. The van der Waals surface area contributed by atoms with Gasteiger partial charge in [0.05, 0.1) is 21.8 Å². The molecule has 198 valence electrons. The molecule has 37 heavy (non-hydrogen) atoms. The Bertz CT molecular complexity index is 1220. The molecule has 2 aliphatic heterocycles. The molecular formula is C29H36Cl2N4OS. The van der Waals surface area contributed by atoms with Crippen molar-refractivity contribution < 1.29 is 4.79 Å². The van der Waals surface area contributed by atoms with Crippen molar-refractivity contribution in [1.29, 1.82) is 0 Å². The number of halogens is 2. The second kappa shape index (κ2) is 12.7. The lowest BCUT2D eigenvalue weighted by Crippen LogP contribution is -2.38. The van der Waals surface area contributed by atoms with Gasteiger partial charge in [0.1, 0.15) is 5.65 Å². The van der Waals surface area contributed by atoms with Gasteiger partial charge in [-0.15, -0.1) is 24.8 Å². The third-order valence-electron chi connectivity index (χ3n) is 8.13. The van der Waals surface area contributed by atoms with E-state index < -0.39 is 0 Å². The van der Waals surface area contributed by atoms with Gasteiger partial charge in [0.2, 0.25) is 0 Å². The van der Waals surface area contributed by atoms with Crippen LogP contribution in [0, 0.1) is 11.8 Å². The van der Waals surface area contributed by atoms with Crippen LogP contribution in [0.5, 0.6) is 0 Å². The first-order valence-corrected chi connectivity index (χ1v) is 14.0. The van der Waals surface area contributed by atoms with Crippen LogP contribution >= 0.6 is 36.6 Å². The Morgan fingerprint density at radius 3 is 2.41 bits per heavy atom. The zero-order valence-electron chi connectivity index (χ0n) is 21.1. The smallest absolute Gasteiger partial charge is 0.258 e. The van der Waals surface area contributed by atoms with Crippen LogP contribution in [0.2, 0.25) is 0 Å². The quantitative estimate of drug-likeness (QED) is 0.379. The molecule has 2 fully saturated rings. The molecule has 5 nitrogen and oxygen atoms in total. The van der Waals surface area contributed by atoms with E-state index in [1.165, 1.54) is 75.5 Å². The molecule has 1 amide bonds. The number of rotatable bonds is 6. The van der Waals surface area contributed by atoms with Crippen LogP contribution < -0.4 is 5.32 Å². The van der Waals surface area contributed by atoms with Crippen molar-refractivity contribution in [3.63, 3.8) is 0 Å². The summed E-state index contributed by atoms with van der Waals surface area (Å²) in [6, 6.07) is 17.1. The zero-order chi connectivity index (χ0) is 23.6. The van der Waals surface area contributed by atoms with E-state index in [4.69, 9.17) is 0 Å². The highest BCUT2D eigenvalue weighted by Gasteiger charge is 2.27.